The van der Waals surface area contributed by atoms with Crippen LogP contribution >= 0.6 is 0 Å². The third-order valence-corrected chi connectivity index (χ3v) is 2.69. The number of ether oxygens (including phenoxy) is 1. The van der Waals surface area contributed by atoms with Crippen molar-refractivity contribution in [2.45, 2.75) is 46.3 Å². The predicted molar refractivity (Wildman–Crippen MR) is 56.0 cm³/mol. The van der Waals surface area contributed by atoms with E-state index >= 15 is 0 Å². The van der Waals surface area contributed by atoms with Gasteiger partial charge in [-0.15, -0.1) is 0 Å². The Hall–Kier alpha value is -0.570. The van der Waals surface area contributed by atoms with Gasteiger partial charge in [0.2, 0.25) is 5.91 Å². The summed E-state index contributed by atoms with van der Waals surface area (Å²) in [5.41, 5.74) is 0. The maximum atomic E-state index is 11.6. The topological polar surface area (TPSA) is 38.3 Å². The molecule has 0 bridgehead atoms. The molecule has 1 aliphatic rings. The lowest BCUT2D eigenvalue weighted by Crippen LogP contribution is -2.38. The highest BCUT2D eigenvalue weighted by Crippen LogP contribution is 2.26. The second-order valence-corrected chi connectivity index (χ2v) is 4.73. The first-order chi connectivity index (χ1) is 6.50. The monoisotopic (exact) mass is 199 g/mol. The van der Waals surface area contributed by atoms with Crippen LogP contribution in [0.1, 0.15) is 34.1 Å². The zero-order chi connectivity index (χ0) is 10.7. The molecule has 3 nitrogen and oxygen atoms in total. The van der Waals surface area contributed by atoms with Crippen LogP contribution in [-0.4, -0.2) is 24.7 Å². The number of carbonyl (C=O) groups is 1. The Morgan fingerprint density at radius 2 is 2.00 bits per heavy atom. The zero-order valence-electron chi connectivity index (χ0n) is 9.54. The lowest BCUT2D eigenvalue weighted by atomic mass is 9.93. The van der Waals surface area contributed by atoms with Crippen molar-refractivity contribution in [1.29, 1.82) is 0 Å². The molecule has 3 heteroatoms. The molecule has 0 aliphatic carbocycles. The van der Waals surface area contributed by atoms with E-state index in [1.807, 2.05) is 13.8 Å². The van der Waals surface area contributed by atoms with Crippen molar-refractivity contribution in [3.8, 4) is 0 Å². The summed E-state index contributed by atoms with van der Waals surface area (Å²) in [5, 5.41) is 2.88. The van der Waals surface area contributed by atoms with Crippen LogP contribution in [0.2, 0.25) is 0 Å². The summed E-state index contributed by atoms with van der Waals surface area (Å²) in [4.78, 5) is 11.6. The molecule has 1 heterocycles. The standard InChI is InChI=1S/C11H21NO2/c1-7(2)9-5-10(14-6-9)11(13)12-8(3)4/h7-10H,5-6H2,1-4H3,(H,12,13). The molecule has 0 radical (unpaired) electrons. The number of carbonyl (C=O) groups excluding carboxylic acids is 1. The molecule has 1 N–H and O–H groups in total. The number of hydrogen-bond acceptors (Lipinski definition) is 2. The molecule has 0 aromatic heterocycles. The molecule has 82 valence electrons. The molecule has 2 atom stereocenters. The number of nitrogens with one attached hydrogen (secondary N) is 1. The largest absolute Gasteiger partial charge is 0.368 e. The van der Waals surface area contributed by atoms with E-state index in [4.69, 9.17) is 4.74 Å². The van der Waals surface area contributed by atoms with E-state index in [2.05, 4.69) is 19.2 Å². The Morgan fingerprint density at radius 3 is 2.43 bits per heavy atom. The van der Waals surface area contributed by atoms with E-state index in [0.29, 0.717) is 11.8 Å². The summed E-state index contributed by atoms with van der Waals surface area (Å²) in [6.45, 7) is 9.01. The summed E-state index contributed by atoms with van der Waals surface area (Å²) >= 11 is 0. The zero-order valence-corrected chi connectivity index (χ0v) is 9.54. The molecule has 2 unspecified atom stereocenters. The second kappa shape index (κ2) is 4.78. The van der Waals surface area contributed by atoms with Crippen molar-refractivity contribution >= 4 is 5.91 Å². The van der Waals surface area contributed by atoms with Crippen LogP contribution < -0.4 is 5.32 Å². The first-order valence-corrected chi connectivity index (χ1v) is 5.42. The maximum Gasteiger partial charge on any atom is 0.249 e. The molecule has 1 aliphatic heterocycles. The van der Waals surface area contributed by atoms with Crippen LogP contribution in [0.5, 0.6) is 0 Å². The SMILES string of the molecule is CC(C)NC(=O)C1CC(C(C)C)CO1. The molecular weight excluding hydrogens is 178 g/mol. The van der Waals surface area contributed by atoms with Crippen LogP contribution in [0.4, 0.5) is 0 Å². The van der Waals surface area contributed by atoms with E-state index in [1.54, 1.807) is 0 Å². The summed E-state index contributed by atoms with van der Waals surface area (Å²) < 4.78 is 5.48. The first kappa shape index (κ1) is 11.5. The molecular formula is C11H21NO2. The van der Waals surface area contributed by atoms with Crippen LogP contribution in [0.25, 0.3) is 0 Å². The fourth-order valence-corrected chi connectivity index (χ4v) is 1.68. The molecule has 0 aromatic carbocycles. The quantitative estimate of drug-likeness (QED) is 0.749. The molecule has 1 amide bonds. The van der Waals surface area contributed by atoms with Crippen molar-refractivity contribution in [2.75, 3.05) is 6.61 Å². The van der Waals surface area contributed by atoms with Gasteiger partial charge in [0.25, 0.3) is 0 Å². The summed E-state index contributed by atoms with van der Waals surface area (Å²) in [6.07, 6.45) is 0.653. The lowest BCUT2D eigenvalue weighted by molar-refractivity contribution is -0.130. The summed E-state index contributed by atoms with van der Waals surface area (Å²) in [7, 11) is 0. The number of rotatable bonds is 3. The van der Waals surface area contributed by atoms with Gasteiger partial charge in [0.05, 0.1) is 6.61 Å². The molecule has 14 heavy (non-hydrogen) atoms. The van der Waals surface area contributed by atoms with E-state index in [-0.39, 0.29) is 18.1 Å². The van der Waals surface area contributed by atoms with Gasteiger partial charge >= 0.3 is 0 Å². The Kier molecular flexibility index (Phi) is 3.93. The van der Waals surface area contributed by atoms with E-state index in [0.717, 1.165) is 13.0 Å². The van der Waals surface area contributed by atoms with Gasteiger partial charge in [-0.1, -0.05) is 13.8 Å². The third kappa shape index (κ3) is 2.98. The minimum atomic E-state index is -0.218. The molecule has 1 rings (SSSR count). The fourth-order valence-electron chi connectivity index (χ4n) is 1.68. The van der Waals surface area contributed by atoms with Gasteiger partial charge in [0.15, 0.2) is 0 Å². The van der Waals surface area contributed by atoms with Gasteiger partial charge in [-0.2, -0.15) is 0 Å². The van der Waals surface area contributed by atoms with E-state index < -0.39 is 0 Å². The Morgan fingerprint density at radius 1 is 1.36 bits per heavy atom. The molecule has 0 aromatic rings. The predicted octanol–water partition coefficient (Wildman–Crippen LogP) is 1.57. The molecule has 1 fully saturated rings. The van der Waals surface area contributed by atoms with Crippen molar-refractivity contribution in [1.82, 2.24) is 5.32 Å². The Labute approximate surface area is 86.2 Å². The Bertz CT molecular complexity index is 201. The van der Waals surface area contributed by atoms with Crippen molar-refractivity contribution in [2.24, 2.45) is 11.8 Å². The minimum Gasteiger partial charge on any atom is -0.368 e. The average molecular weight is 199 g/mol. The third-order valence-electron chi connectivity index (χ3n) is 2.69. The van der Waals surface area contributed by atoms with Gasteiger partial charge in [-0.05, 0) is 32.1 Å². The highest BCUT2D eigenvalue weighted by molar-refractivity contribution is 5.81. The molecule has 0 saturated carbocycles. The highest BCUT2D eigenvalue weighted by atomic mass is 16.5. The first-order valence-electron chi connectivity index (χ1n) is 5.42. The molecule has 0 spiro atoms. The number of amides is 1. The van der Waals surface area contributed by atoms with Gasteiger partial charge in [0, 0.05) is 6.04 Å². The Balaban J connectivity index is 2.38. The van der Waals surface area contributed by atoms with Crippen molar-refractivity contribution in [3.63, 3.8) is 0 Å². The minimum absolute atomic E-state index is 0.0446. The smallest absolute Gasteiger partial charge is 0.249 e. The maximum absolute atomic E-state index is 11.6. The van der Waals surface area contributed by atoms with Crippen LogP contribution in [-0.2, 0) is 9.53 Å². The second-order valence-electron chi connectivity index (χ2n) is 4.73. The lowest BCUT2D eigenvalue weighted by Gasteiger charge is -2.13. The van der Waals surface area contributed by atoms with Gasteiger partial charge in [-0.3, -0.25) is 4.79 Å². The van der Waals surface area contributed by atoms with Gasteiger partial charge in [-0.25, -0.2) is 0 Å². The highest BCUT2D eigenvalue weighted by Gasteiger charge is 2.32. The van der Waals surface area contributed by atoms with Crippen molar-refractivity contribution in [3.05, 3.63) is 0 Å². The summed E-state index contributed by atoms with van der Waals surface area (Å²) in [5.74, 6) is 1.19. The van der Waals surface area contributed by atoms with Crippen LogP contribution in [0, 0.1) is 11.8 Å². The van der Waals surface area contributed by atoms with E-state index in [9.17, 15) is 4.79 Å². The average Bonchev–Trinajstić information content (AvgIpc) is 2.50. The van der Waals surface area contributed by atoms with Crippen molar-refractivity contribution < 1.29 is 9.53 Å². The normalized spacial score (nSPS) is 27.3. The van der Waals surface area contributed by atoms with E-state index in [1.165, 1.54) is 0 Å². The summed E-state index contributed by atoms with van der Waals surface area (Å²) in [6, 6.07) is 0.198. The van der Waals surface area contributed by atoms with Crippen LogP contribution in [0.15, 0.2) is 0 Å². The fraction of sp³-hybridized carbons (Fsp3) is 0.909. The van der Waals surface area contributed by atoms with Gasteiger partial charge in [0.1, 0.15) is 6.10 Å². The van der Waals surface area contributed by atoms with Gasteiger partial charge < -0.3 is 10.1 Å². The molecule has 1 saturated heterocycles. The number of hydrogen-bond donors (Lipinski definition) is 1. The van der Waals surface area contributed by atoms with Crippen LogP contribution in [0.3, 0.4) is 0 Å².